The van der Waals surface area contributed by atoms with Crippen molar-refractivity contribution in [2.75, 3.05) is 0 Å². The van der Waals surface area contributed by atoms with Crippen molar-refractivity contribution in [3.63, 3.8) is 0 Å². The van der Waals surface area contributed by atoms with Gasteiger partial charge in [0.25, 0.3) is 0 Å². The van der Waals surface area contributed by atoms with Crippen molar-refractivity contribution in [2.45, 2.75) is 0 Å². The molecule has 0 atom stereocenters. The fraction of sp³-hybridized carbons (Fsp3) is 0. The molecule has 0 aliphatic carbocycles. The zero-order valence-corrected chi connectivity index (χ0v) is 33.9. The Morgan fingerprint density at radius 3 is 1.49 bits per heavy atom. The summed E-state index contributed by atoms with van der Waals surface area (Å²) in [7, 11) is 0. The average molecular weight is 806 g/mol. The van der Waals surface area contributed by atoms with Gasteiger partial charge >= 0.3 is 0 Å². The number of aromatic nitrogens is 5. The van der Waals surface area contributed by atoms with Crippen molar-refractivity contribution in [3.8, 4) is 56.7 Å². The topological polar surface area (TPSA) is 61.7 Å². The zero-order chi connectivity index (χ0) is 41.4. The van der Waals surface area contributed by atoms with Crippen LogP contribution in [0.5, 0.6) is 0 Å². The maximum Gasteiger partial charge on any atom is 0.238 e. The maximum atomic E-state index is 6.93. The monoisotopic (exact) mass is 805 g/mol. The van der Waals surface area contributed by atoms with Crippen LogP contribution < -0.4 is 0 Å². The number of hydrogen-bond acceptors (Lipinski definition) is 4. The molecule has 0 spiro atoms. The highest BCUT2D eigenvalue weighted by Crippen LogP contribution is 2.43. The van der Waals surface area contributed by atoms with Crippen LogP contribution in [-0.2, 0) is 0 Å². The second kappa shape index (κ2) is 14.0. The van der Waals surface area contributed by atoms with E-state index in [9.17, 15) is 0 Å². The summed E-state index contributed by atoms with van der Waals surface area (Å²) in [5.74, 6) is 1.62. The molecule has 0 amide bonds. The molecule has 0 aliphatic heterocycles. The Morgan fingerprint density at radius 2 is 0.810 bits per heavy atom. The molecule has 63 heavy (non-hydrogen) atoms. The Hall–Kier alpha value is -8.61. The molecule has 0 unspecified atom stereocenters. The molecule has 9 aromatic carbocycles. The van der Waals surface area contributed by atoms with Crippen molar-refractivity contribution in [1.29, 1.82) is 0 Å². The molecular formula is C57H35N5O. The van der Waals surface area contributed by atoms with Gasteiger partial charge in [-0.05, 0) is 47.0 Å². The van der Waals surface area contributed by atoms with Crippen LogP contribution in [0.4, 0.5) is 0 Å². The quantitative estimate of drug-likeness (QED) is 0.168. The molecule has 0 saturated heterocycles. The molecule has 4 aromatic heterocycles. The van der Waals surface area contributed by atoms with Gasteiger partial charge in [0.05, 0.1) is 27.6 Å². The maximum absolute atomic E-state index is 6.93. The van der Waals surface area contributed by atoms with E-state index < -0.39 is 0 Å². The molecule has 13 aromatic rings. The number of benzene rings is 9. The molecule has 0 fully saturated rings. The molecular weight excluding hydrogens is 771 g/mol. The highest BCUT2D eigenvalue weighted by atomic mass is 16.3. The van der Waals surface area contributed by atoms with E-state index in [0.717, 1.165) is 93.7 Å². The van der Waals surface area contributed by atoms with Crippen LogP contribution in [0.25, 0.3) is 122 Å². The standard InChI is InChI=1S/C57H35N5O/c1-4-17-36(18-5-1)39-23-14-24-40(35-39)61-49-31-12-10-25-42(49)44-33-34-45-43-26-11-13-32-50(43)62(52(45)51(44)61)57-59-55(38-21-8-3-9-22-38)58-56(60-57)48-30-16-29-47-46-28-15-27-41(53(46)63-54(47)48)37-19-6-2-7-20-37/h1-35H. The van der Waals surface area contributed by atoms with Crippen molar-refractivity contribution in [3.05, 3.63) is 212 Å². The smallest absolute Gasteiger partial charge is 0.238 e. The van der Waals surface area contributed by atoms with Gasteiger partial charge in [-0.25, -0.2) is 4.98 Å². The Morgan fingerprint density at radius 1 is 0.317 bits per heavy atom. The molecule has 0 bridgehead atoms. The van der Waals surface area contributed by atoms with Crippen molar-refractivity contribution in [2.24, 2.45) is 0 Å². The van der Waals surface area contributed by atoms with Crippen molar-refractivity contribution >= 4 is 65.6 Å². The summed E-state index contributed by atoms with van der Waals surface area (Å²) in [5, 5.41) is 6.58. The first-order chi connectivity index (χ1) is 31.3. The summed E-state index contributed by atoms with van der Waals surface area (Å²) in [5.41, 5.74) is 13.0. The minimum atomic E-state index is 0.519. The van der Waals surface area contributed by atoms with E-state index in [4.69, 9.17) is 19.4 Å². The van der Waals surface area contributed by atoms with E-state index in [1.165, 1.54) is 10.9 Å². The second-order valence-electron chi connectivity index (χ2n) is 16.0. The first-order valence-corrected chi connectivity index (χ1v) is 21.2. The minimum absolute atomic E-state index is 0.519. The molecule has 0 aliphatic rings. The molecule has 6 nitrogen and oxygen atoms in total. The molecule has 4 heterocycles. The lowest BCUT2D eigenvalue weighted by atomic mass is 10.0. The molecule has 294 valence electrons. The van der Waals surface area contributed by atoms with Crippen LogP contribution in [-0.4, -0.2) is 24.1 Å². The predicted molar refractivity (Wildman–Crippen MR) is 258 cm³/mol. The Balaban J connectivity index is 1.13. The number of furan rings is 1. The summed E-state index contributed by atoms with van der Waals surface area (Å²) in [6.45, 7) is 0. The van der Waals surface area contributed by atoms with E-state index in [2.05, 4.69) is 197 Å². The minimum Gasteiger partial charge on any atom is -0.455 e. The van der Waals surface area contributed by atoms with Crippen LogP contribution in [0.15, 0.2) is 217 Å². The molecule has 6 heteroatoms. The SMILES string of the molecule is c1ccc(-c2cccc(-n3c4ccccc4c4ccc5c6ccccc6n(-c6nc(-c7ccccc7)nc(-c7cccc8c7oc7c(-c9ccccc9)cccc78)n6)c5c43)c2)cc1. The van der Waals surface area contributed by atoms with E-state index in [-0.39, 0.29) is 0 Å². The largest absolute Gasteiger partial charge is 0.455 e. The normalized spacial score (nSPS) is 11.8. The Kier molecular flexibility index (Phi) is 7.80. The molecule has 0 N–H and O–H groups in total. The summed E-state index contributed by atoms with van der Waals surface area (Å²) in [6.07, 6.45) is 0. The first-order valence-electron chi connectivity index (χ1n) is 21.2. The number of para-hydroxylation sites is 4. The Labute approximate surface area is 361 Å². The number of fused-ring (bicyclic) bond motifs is 10. The van der Waals surface area contributed by atoms with Crippen LogP contribution in [0.2, 0.25) is 0 Å². The van der Waals surface area contributed by atoms with E-state index >= 15 is 0 Å². The summed E-state index contributed by atoms with van der Waals surface area (Å²) < 4.78 is 11.6. The van der Waals surface area contributed by atoms with Gasteiger partial charge in [0.2, 0.25) is 5.95 Å². The van der Waals surface area contributed by atoms with Gasteiger partial charge in [-0.2, -0.15) is 9.97 Å². The van der Waals surface area contributed by atoms with Crippen molar-refractivity contribution < 1.29 is 4.42 Å². The average Bonchev–Trinajstić information content (AvgIpc) is 4.03. The fourth-order valence-electron chi connectivity index (χ4n) is 9.57. The zero-order valence-electron chi connectivity index (χ0n) is 33.9. The van der Waals surface area contributed by atoms with Gasteiger partial charge in [-0.1, -0.05) is 182 Å². The molecule has 0 radical (unpaired) electrons. The third kappa shape index (κ3) is 5.48. The first kappa shape index (κ1) is 35.2. The lowest BCUT2D eigenvalue weighted by molar-refractivity contribution is 0.670. The van der Waals surface area contributed by atoms with Gasteiger partial charge in [0, 0.05) is 49.1 Å². The van der Waals surface area contributed by atoms with Crippen molar-refractivity contribution in [1.82, 2.24) is 24.1 Å². The van der Waals surface area contributed by atoms with Gasteiger partial charge < -0.3 is 8.98 Å². The van der Waals surface area contributed by atoms with Crippen LogP contribution in [0, 0.1) is 0 Å². The van der Waals surface area contributed by atoms with Crippen LogP contribution in [0.1, 0.15) is 0 Å². The number of rotatable bonds is 6. The summed E-state index contributed by atoms with van der Waals surface area (Å²) in [6, 6.07) is 74.3. The van der Waals surface area contributed by atoms with Gasteiger partial charge in [0.1, 0.15) is 11.2 Å². The van der Waals surface area contributed by atoms with Crippen LogP contribution in [0.3, 0.4) is 0 Å². The fourth-order valence-corrected chi connectivity index (χ4v) is 9.57. The molecule has 13 rings (SSSR count). The lowest BCUT2D eigenvalue weighted by Crippen LogP contribution is -2.07. The highest BCUT2D eigenvalue weighted by Gasteiger charge is 2.25. The predicted octanol–water partition coefficient (Wildman–Crippen LogP) is 14.6. The van der Waals surface area contributed by atoms with E-state index in [0.29, 0.717) is 17.6 Å². The van der Waals surface area contributed by atoms with Crippen LogP contribution >= 0.6 is 0 Å². The van der Waals surface area contributed by atoms with Gasteiger partial charge in [-0.3, -0.25) is 4.57 Å². The molecule has 0 saturated carbocycles. The highest BCUT2D eigenvalue weighted by molar-refractivity contribution is 6.24. The van der Waals surface area contributed by atoms with E-state index in [1.54, 1.807) is 0 Å². The summed E-state index contributed by atoms with van der Waals surface area (Å²) in [4.78, 5) is 16.1. The second-order valence-corrected chi connectivity index (χ2v) is 16.0. The lowest BCUT2D eigenvalue weighted by Gasteiger charge is -2.14. The van der Waals surface area contributed by atoms with Gasteiger partial charge in [-0.15, -0.1) is 0 Å². The number of nitrogens with zero attached hydrogens (tertiary/aromatic N) is 5. The Bertz CT molecular complexity index is 3900. The van der Waals surface area contributed by atoms with E-state index in [1.807, 2.05) is 24.3 Å². The number of hydrogen-bond donors (Lipinski definition) is 0. The van der Waals surface area contributed by atoms with Gasteiger partial charge in [0.15, 0.2) is 11.6 Å². The third-order valence-electron chi connectivity index (χ3n) is 12.4. The third-order valence-corrected chi connectivity index (χ3v) is 12.4. The summed E-state index contributed by atoms with van der Waals surface area (Å²) >= 11 is 0.